The molecule has 2 rings (SSSR count). The molecule has 6 nitrogen and oxygen atoms in total. The van der Waals surface area contributed by atoms with Gasteiger partial charge in [-0.1, -0.05) is 23.7 Å². The number of hydrogen-bond donors (Lipinski definition) is 1. The molecule has 2 aromatic heterocycles. The summed E-state index contributed by atoms with van der Waals surface area (Å²) >= 11 is 5.95. The Balaban J connectivity index is 1.91. The average Bonchev–Trinajstić information content (AvgIpc) is 2.75. The quantitative estimate of drug-likeness (QED) is 0.820. The molecular formula is C12H16ClN5O. The zero-order valence-electron chi connectivity index (χ0n) is 11.0. The third kappa shape index (κ3) is 4.17. The van der Waals surface area contributed by atoms with Crippen LogP contribution in [0, 0.1) is 6.92 Å². The van der Waals surface area contributed by atoms with Gasteiger partial charge in [0.05, 0.1) is 0 Å². The zero-order valence-corrected chi connectivity index (χ0v) is 11.7. The Hall–Kier alpha value is -1.69. The Morgan fingerprint density at radius 1 is 1.26 bits per heavy atom. The van der Waals surface area contributed by atoms with Gasteiger partial charge in [0.25, 0.3) is 0 Å². The first-order chi connectivity index (χ1) is 9.17. The minimum Gasteiger partial charge on any atom is -0.369 e. The van der Waals surface area contributed by atoms with E-state index in [0.717, 1.165) is 24.5 Å². The predicted molar refractivity (Wildman–Crippen MR) is 72.3 cm³/mol. The van der Waals surface area contributed by atoms with Crippen molar-refractivity contribution in [3.05, 3.63) is 28.8 Å². The Morgan fingerprint density at radius 3 is 2.79 bits per heavy atom. The first-order valence-electron chi connectivity index (χ1n) is 6.24. The third-order valence-electron chi connectivity index (χ3n) is 2.43. The summed E-state index contributed by atoms with van der Waals surface area (Å²) in [5, 5.41) is 7.37. The summed E-state index contributed by atoms with van der Waals surface area (Å²) in [5.74, 6) is 2.73. The van der Waals surface area contributed by atoms with E-state index in [1.807, 2.05) is 0 Å². The van der Waals surface area contributed by atoms with Gasteiger partial charge in [-0.05, 0) is 13.3 Å². The van der Waals surface area contributed by atoms with Crippen molar-refractivity contribution in [3.8, 4) is 0 Å². The summed E-state index contributed by atoms with van der Waals surface area (Å²) in [5.41, 5.74) is 0. The maximum absolute atomic E-state index is 5.95. The van der Waals surface area contributed by atoms with Crippen LogP contribution in [-0.4, -0.2) is 26.7 Å². The topological polar surface area (TPSA) is 76.7 Å². The maximum Gasteiger partial charge on any atom is 0.228 e. The van der Waals surface area contributed by atoms with Gasteiger partial charge in [0, 0.05) is 25.5 Å². The minimum absolute atomic E-state index is 0.453. The lowest BCUT2D eigenvalue weighted by Gasteiger charge is -2.06. The standard InChI is InChI=1S/C12H16ClN5O/c1-3-4-10-16-9(13)7-11(17-10)14-6-5-12-15-8(2)18-19-12/h7H,3-6H2,1-2H3,(H,14,16,17). The number of hydrogen-bond acceptors (Lipinski definition) is 6. The Labute approximate surface area is 116 Å². The van der Waals surface area contributed by atoms with Gasteiger partial charge < -0.3 is 9.84 Å². The molecule has 0 atom stereocenters. The van der Waals surface area contributed by atoms with Gasteiger partial charge in [-0.3, -0.25) is 0 Å². The summed E-state index contributed by atoms with van der Waals surface area (Å²) in [6.45, 7) is 4.53. The van der Waals surface area contributed by atoms with Crippen LogP contribution < -0.4 is 5.32 Å². The molecular weight excluding hydrogens is 266 g/mol. The van der Waals surface area contributed by atoms with E-state index in [0.29, 0.717) is 29.8 Å². The lowest BCUT2D eigenvalue weighted by Crippen LogP contribution is -2.08. The van der Waals surface area contributed by atoms with Gasteiger partial charge >= 0.3 is 0 Å². The highest BCUT2D eigenvalue weighted by Crippen LogP contribution is 2.12. The molecule has 1 N–H and O–H groups in total. The summed E-state index contributed by atoms with van der Waals surface area (Å²) in [6, 6.07) is 1.71. The second kappa shape index (κ2) is 6.47. The van der Waals surface area contributed by atoms with Crippen LogP contribution >= 0.6 is 11.6 Å². The van der Waals surface area contributed by atoms with Gasteiger partial charge in [-0.2, -0.15) is 4.98 Å². The number of aromatic nitrogens is 4. The second-order valence-corrected chi connectivity index (χ2v) is 4.54. The molecule has 2 heterocycles. The molecule has 0 spiro atoms. The molecule has 0 fully saturated rings. The minimum atomic E-state index is 0.453. The molecule has 0 radical (unpaired) electrons. The molecule has 0 aromatic carbocycles. The Kier molecular flexibility index (Phi) is 4.68. The van der Waals surface area contributed by atoms with E-state index in [4.69, 9.17) is 16.1 Å². The molecule has 0 aliphatic carbocycles. The van der Waals surface area contributed by atoms with E-state index in [1.54, 1.807) is 13.0 Å². The van der Waals surface area contributed by atoms with Crippen molar-refractivity contribution < 1.29 is 4.52 Å². The van der Waals surface area contributed by atoms with Crippen LogP contribution in [0.4, 0.5) is 5.82 Å². The number of rotatable bonds is 6. The van der Waals surface area contributed by atoms with Gasteiger partial charge in [-0.25, -0.2) is 9.97 Å². The van der Waals surface area contributed by atoms with Crippen LogP contribution in [0.2, 0.25) is 5.15 Å². The van der Waals surface area contributed by atoms with Crippen molar-refractivity contribution >= 4 is 17.4 Å². The van der Waals surface area contributed by atoms with Gasteiger partial charge in [-0.15, -0.1) is 0 Å². The van der Waals surface area contributed by atoms with Gasteiger partial charge in [0.2, 0.25) is 5.89 Å². The molecule has 0 bridgehead atoms. The highest BCUT2D eigenvalue weighted by molar-refractivity contribution is 6.29. The summed E-state index contributed by atoms with van der Waals surface area (Å²) < 4.78 is 5.03. The molecule has 0 amide bonds. The largest absolute Gasteiger partial charge is 0.369 e. The molecule has 19 heavy (non-hydrogen) atoms. The summed E-state index contributed by atoms with van der Waals surface area (Å²) in [6.07, 6.45) is 2.45. The van der Waals surface area contributed by atoms with Gasteiger partial charge in [0.15, 0.2) is 5.82 Å². The van der Waals surface area contributed by atoms with E-state index in [9.17, 15) is 0 Å². The van der Waals surface area contributed by atoms with Crippen LogP contribution in [-0.2, 0) is 12.8 Å². The lowest BCUT2D eigenvalue weighted by molar-refractivity contribution is 0.377. The maximum atomic E-state index is 5.95. The second-order valence-electron chi connectivity index (χ2n) is 4.15. The van der Waals surface area contributed by atoms with Crippen molar-refractivity contribution in [2.75, 3.05) is 11.9 Å². The van der Waals surface area contributed by atoms with E-state index in [-0.39, 0.29) is 0 Å². The molecule has 102 valence electrons. The van der Waals surface area contributed by atoms with Crippen molar-refractivity contribution in [2.45, 2.75) is 33.1 Å². The summed E-state index contributed by atoms with van der Waals surface area (Å²) in [7, 11) is 0. The smallest absolute Gasteiger partial charge is 0.228 e. The number of halogens is 1. The zero-order chi connectivity index (χ0) is 13.7. The summed E-state index contributed by atoms with van der Waals surface area (Å²) in [4.78, 5) is 12.7. The van der Waals surface area contributed by atoms with Crippen molar-refractivity contribution in [3.63, 3.8) is 0 Å². The molecule has 0 saturated carbocycles. The Morgan fingerprint density at radius 2 is 2.11 bits per heavy atom. The van der Waals surface area contributed by atoms with Crippen molar-refractivity contribution in [1.82, 2.24) is 20.1 Å². The molecule has 7 heteroatoms. The number of nitrogens with one attached hydrogen (secondary N) is 1. The fourth-order valence-electron chi connectivity index (χ4n) is 1.63. The fourth-order valence-corrected chi connectivity index (χ4v) is 1.83. The monoisotopic (exact) mass is 281 g/mol. The number of aryl methyl sites for hydroxylation is 2. The van der Waals surface area contributed by atoms with E-state index < -0.39 is 0 Å². The highest BCUT2D eigenvalue weighted by Gasteiger charge is 2.05. The normalized spacial score (nSPS) is 10.7. The SMILES string of the molecule is CCCc1nc(Cl)cc(NCCc2nc(C)no2)n1. The molecule has 0 saturated heterocycles. The first kappa shape index (κ1) is 13.7. The predicted octanol–water partition coefficient (Wildman–Crippen LogP) is 2.43. The average molecular weight is 282 g/mol. The first-order valence-corrected chi connectivity index (χ1v) is 6.61. The van der Waals surface area contributed by atoms with Crippen LogP contribution in [0.25, 0.3) is 0 Å². The van der Waals surface area contributed by atoms with Crippen LogP contribution in [0.1, 0.15) is 30.9 Å². The van der Waals surface area contributed by atoms with E-state index in [2.05, 4.69) is 32.3 Å². The van der Waals surface area contributed by atoms with E-state index in [1.165, 1.54) is 0 Å². The van der Waals surface area contributed by atoms with Crippen LogP contribution in [0.5, 0.6) is 0 Å². The van der Waals surface area contributed by atoms with Crippen LogP contribution in [0.15, 0.2) is 10.6 Å². The molecule has 2 aromatic rings. The lowest BCUT2D eigenvalue weighted by atomic mass is 10.3. The van der Waals surface area contributed by atoms with E-state index >= 15 is 0 Å². The highest BCUT2D eigenvalue weighted by atomic mass is 35.5. The van der Waals surface area contributed by atoms with Crippen molar-refractivity contribution in [2.24, 2.45) is 0 Å². The third-order valence-corrected chi connectivity index (χ3v) is 2.62. The molecule has 0 aliphatic rings. The fraction of sp³-hybridized carbons (Fsp3) is 0.500. The van der Waals surface area contributed by atoms with Gasteiger partial charge in [0.1, 0.15) is 16.8 Å². The van der Waals surface area contributed by atoms with Crippen molar-refractivity contribution in [1.29, 1.82) is 0 Å². The number of nitrogens with zero attached hydrogens (tertiary/aromatic N) is 4. The van der Waals surface area contributed by atoms with Crippen LogP contribution in [0.3, 0.4) is 0 Å². The number of anilines is 1. The molecule has 0 unspecified atom stereocenters. The molecule has 0 aliphatic heterocycles. The Bertz CT molecular complexity index is 543.